The summed E-state index contributed by atoms with van der Waals surface area (Å²) in [5.74, 6) is 0.143. The van der Waals surface area contributed by atoms with Crippen LogP contribution in [0.4, 0.5) is 5.69 Å². The van der Waals surface area contributed by atoms with Crippen LogP contribution in [0.3, 0.4) is 0 Å². The Morgan fingerprint density at radius 1 is 1.44 bits per heavy atom. The number of hydrogen-bond acceptors (Lipinski definition) is 4. The van der Waals surface area contributed by atoms with E-state index in [0.717, 1.165) is 0 Å². The van der Waals surface area contributed by atoms with Crippen LogP contribution in [0.15, 0.2) is 23.1 Å². The molecule has 0 fully saturated rings. The van der Waals surface area contributed by atoms with Crippen LogP contribution < -0.4 is 9.64 Å². The number of carbonyl (C=O) groups is 1. The molecule has 1 aromatic rings. The lowest BCUT2D eigenvalue weighted by molar-refractivity contribution is -0.118. The van der Waals surface area contributed by atoms with Gasteiger partial charge < -0.3 is 9.64 Å². The Morgan fingerprint density at radius 3 is 2.83 bits per heavy atom. The zero-order chi connectivity index (χ0) is 13.3. The van der Waals surface area contributed by atoms with E-state index < -0.39 is 9.84 Å². The molecule has 0 aliphatic carbocycles. The molecule has 1 amide bonds. The molecule has 0 unspecified atom stereocenters. The molecule has 5 nitrogen and oxygen atoms in total. The maximum absolute atomic E-state index is 12.1. The van der Waals surface area contributed by atoms with Crippen LogP contribution >= 0.6 is 0 Å². The van der Waals surface area contributed by atoms with Gasteiger partial charge in [-0.25, -0.2) is 8.42 Å². The standard InChI is InChI=1S/C12H15NO4S/c1-3-11(14)13(2)9-5-4-6-10-12(9)18(15,16)8-7-17-10/h4-6H,3,7-8H2,1-2H3. The number of rotatable bonds is 2. The van der Waals surface area contributed by atoms with Crippen molar-refractivity contribution in [1.82, 2.24) is 0 Å². The number of sulfone groups is 1. The second kappa shape index (κ2) is 4.61. The maximum atomic E-state index is 12.1. The molecule has 0 bridgehead atoms. The first-order chi connectivity index (χ1) is 8.47. The van der Waals surface area contributed by atoms with Crippen LogP contribution in [-0.2, 0) is 14.6 Å². The van der Waals surface area contributed by atoms with Crippen molar-refractivity contribution >= 4 is 21.4 Å². The van der Waals surface area contributed by atoms with E-state index in [9.17, 15) is 13.2 Å². The molecule has 6 heteroatoms. The van der Waals surface area contributed by atoms with Crippen LogP contribution in [0.2, 0.25) is 0 Å². The molecular weight excluding hydrogens is 254 g/mol. The fourth-order valence-corrected chi connectivity index (χ4v) is 3.39. The van der Waals surface area contributed by atoms with Crippen LogP contribution in [-0.4, -0.2) is 33.7 Å². The van der Waals surface area contributed by atoms with Crippen molar-refractivity contribution in [2.24, 2.45) is 0 Å². The largest absolute Gasteiger partial charge is 0.491 e. The zero-order valence-corrected chi connectivity index (χ0v) is 11.2. The summed E-state index contributed by atoms with van der Waals surface area (Å²) in [6.07, 6.45) is 0.321. The summed E-state index contributed by atoms with van der Waals surface area (Å²) in [6.45, 7) is 1.89. The van der Waals surface area contributed by atoms with Crippen LogP contribution in [0.5, 0.6) is 5.75 Å². The second-order valence-electron chi connectivity index (χ2n) is 4.08. The lowest BCUT2D eigenvalue weighted by Crippen LogP contribution is -2.29. The molecule has 0 saturated heterocycles. The number of fused-ring (bicyclic) bond motifs is 1. The topological polar surface area (TPSA) is 63.7 Å². The zero-order valence-electron chi connectivity index (χ0n) is 10.3. The number of hydrogen-bond donors (Lipinski definition) is 0. The highest BCUT2D eigenvalue weighted by Crippen LogP contribution is 2.36. The second-order valence-corrected chi connectivity index (χ2v) is 6.12. The van der Waals surface area contributed by atoms with Gasteiger partial charge >= 0.3 is 0 Å². The molecule has 2 rings (SSSR count). The Kier molecular flexibility index (Phi) is 3.30. The van der Waals surface area contributed by atoms with Gasteiger partial charge in [0, 0.05) is 13.5 Å². The van der Waals surface area contributed by atoms with Gasteiger partial charge in [-0.1, -0.05) is 13.0 Å². The van der Waals surface area contributed by atoms with E-state index in [1.165, 1.54) is 4.90 Å². The quantitative estimate of drug-likeness (QED) is 0.810. The van der Waals surface area contributed by atoms with Crippen LogP contribution in [0.25, 0.3) is 0 Å². The predicted molar refractivity (Wildman–Crippen MR) is 67.7 cm³/mol. The molecule has 1 aliphatic heterocycles. The van der Waals surface area contributed by atoms with Gasteiger partial charge in [-0.3, -0.25) is 4.79 Å². The van der Waals surface area contributed by atoms with Gasteiger partial charge in [-0.2, -0.15) is 0 Å². The van der Waals surface area contributed by atoms with Gasteiger partial charge in [-0.15, -0.1) is 0 Å². The Hall–Kier alpha value is -1.56. The highest BCUT2D eigenvalue weighted by Gasteiger charge is 2.30. The van der Waals surface area contributed by atoms with Gasteiger partial charge in [0.05, 0.1) is 11.4 Å². The van der Waals surface area contributed by atoms with E-state index in [1.807, 2.05) is 0 Å². The molecule has 1 aromatic carbocycles. The number of ether oxygens (including phenoxy) is 1. The minimum absolute atomic E-state index is 0.0504. The first-order valence-electron chi connectivity index (χ1n) is 5.72. The smallest absolute Gasteiger partial charge is 0.226 e. The highest BCUT2D eigenvalue weighted by molar-refractivity contribution is 7.91. The van der Waals surface area contributed by atoms with Crippen molar-refractivity contribution in [1.29, 1.82) is 0 Å². The summed E-state index contributed by atoms with van der Waals surface area (Å²) < 4.78 is 29.5. The predicted octanol–water partition coefficient (Wildman–Crippen LogP) is 1.23. The van der Waals surface area contributed by atoms with Crippen molar-refractivity contribution in [2.75, 3.05) is 24.3 Å². The monoisotopic (exact) mass is 269 g/mol. The number of nitrogens with zero attached hydrogens (tertiary/aromatic N) is 1. The van der Waals surface area contributed by atoms with Gasteiger partial charge in [0.15, 0.2) is 9.84 Å². The van der Waals surface area contributed by atoms with Crippen molar-refractivity contribution in [3.8, 4) is 5.75 Å². The minimum Gasteiger partial charge on any atom is -0.491 e. The molecule has 0 saturated carbocycles. The van der Waals surface area contributed by atoms with E-state index in [0.29, 0.717) is 17.9 Å². The van der Waals surface area contributed by atoms with Crippen LogP contribution in [0, 0.1) is 0 Å². The SMILES string of the molecule is CCC(=O)N(C)c1cccc2c1S(=O)(=O)CCO2. The third-order valence-corrected chi connectivity index (χ3v) is 4.65. The molecule has 0 N–H and O–H groups in total. The van der Waals surface area contributed by atoms with E-state index in [1.54, 1.807) is 32.2 Å². The molecule has 98 valence electrons. The third kappa shape index (κ3) is 2.08. The van der Waals surface area contributed by atoms with Crippen LogP contribution in [0.1, 0.15) is 13.3 Å². The Morgan fingerprint density at radius 2 is 2.17 bits per heavy atom. The highest BCUT2D eigenvalue weighted by atomic mass is 32.2. The molecule has 18 heavy (non-hydrogen) atoms. The lowest BCUT2D eigenvalue weighted by atomic mass is 10.2. The van der Waals surface area contributed by atoms with Gasteiger partial charge in [0.2, 0.25) is 5.91 Å². The maximum Gasteiger partial charge on any atom is 0.226 e. The van der Waals surface area contributed by atoms with Gasteiger partial charge in [-0.05, 0) is 12.1 Å². The third-order valence-electron chi connectivity index (χ3n) is 2.92. The Bertz CT molecular complexity index is 580. The first-order valence-corrected chi connectivity index (χ1v) is 7.37. The Labute approximate surface area is 106 Å². The number of carbonyl (C=O) groups excluding carboxylic acids is 1. The number of benzene rings is 1. The minimum atomic E-state index is -3.38. The molecule has 0 spiro atoms. The fraction of sp³-hybridized carbons (Fsp3) is 0.417. The molecular formula is C12H15NO4S. The summed E-state index contributed by atoms with van der Waals surface area (Å²) >= 11 is 0. The van der Waals surface area contributed by atoms with Gasteiger partial charge in [0.25, 0.3) is 0 Å². The fourth-order valence-electron chi connectivity index (χ4n) is 1.93. The summed E-state index contributed by atoms with van der Waals surface area (Å²) in [5.41, 5.74) is 0.388. The summed E-state index contributed by atoms with van der Waals surface area (Å²) in [5, 5.41) is 0. The van der Waals surface area contributed by atoms with Crippen molar-refractivity contribution < 1.29 is 17.9 Å². The number of anilines is 1. The van der Waals surface area contributed by atoms with E-state index >= 15 is 0 Å². The summed E-state index contributed by atoms with van der Waals surface area (Å²) in [6, 6.07) is 4.92. The molecule has 1 aliphatic rings. The van der Waals surface area contributed by atoms with Gasteiger partial charge in [0.1, 0.15) is 17.3 Å². The average Bonchev–Trinajstić information content (AvgIpc) is 2.36. The van der Waals surface area contributed by atoms with Crippen molar-refractivity contribution in [3.05, 3.63) is 18.2 Å². The average molecular weight is 269 g/mol. The summed E-state index contributed by atoms with van der Waals surface area (Å²) in [7, 11) is -1.80. The molecule has 1 heterocycles. The molecule has 0 aromatic heterocycles. The van der Waals surface area contributed by atoms with E-state index in [-0.39, 0.29) is 23.2 Å². The lowest BCUT2D eigenvalue weighted by Gasteiger charge is -2.24. The molecule has 0 radical (unpaired) electrons. The van der Waals surface area contributed by atoms with Crippen molar-refractivity contribution in [2.45, 2.75) is 18.2 Å². The first kappa shape index (κ1) is 12.9. The normalized spacial score (nSPS) is 16.6. The van der Waals surface area contributed by atoms with E-state index in [4.69, 9.17) is 4.74 Å². The molecule has 0 atom stereocenters. The van der Waals surface area contributed by atoms with E-state index in [2.05, 4.69) is 0 Å². The van der Waals surface area contributed by atoms with Crippen molar-refractivity contribution in [3.63, 3.8) is 0 Å². The number of amides is 1. The summed E-state index contributed by atoms with van der Waals surface area (Å²) in [4.78, 5) is 13.2. The Balaban J connectivity index is 2.60.